The van der Waals surface area contributed by atoms with Crippen LogP contribution in [0.15, 0.2) is 11.1 Å². The number of carboxylic acid groups (broad SMARTS) is 1. The highest BCUT2D eigenvalue weighted by Gasteiger charge is 2.44. The third kappa shape index (κ3) is 3.23. The highest BCUT2D eigenvalue weighted by molar-refractivity contribution is 9.11. The molecule has 0 atom stereocenters. The summed E-state index contributed by atoms with van der Waals surface area (Å²) in [5.74, 6) is -0.830. The summed E-state index contributed by atoms with van der Waals surface area (Å²) in [5, 5.41) is 14.1. The van der Waals surface area contributed by atoms with Gasteiger partial charge in [-0.1, -0.05) is 28.9 Å². The largest absolute Gasteiger partial charge is 0.481 e. The van der Waals surface area contributed by atoms with Crippen molar-refractivity contribution in [2.45, 2.75) is 19.3 Å². The normalized spacial score (nSPS) is 17.1. The molecule has 5 nitrogen and oxygen atoms in total. The molecule has 1 rings (SSSR count). The van der Waals surface area contributed by atoms with Gasteiger partial charge in [0.1, 0.15) is 0 Å². The summed E-state index contributed by atoms with van der Waals surface area (Å²) in [6, 6.07) is -0.367. The molecule has 1 aliphatic rings. The molecule has 0 radical (unpaired) electrons. The second-order valence-electron chi connectivity index (χ2n) is 3.99. The Morgan fingerprint density at radius 3 is 2.38 bits per heavy atom. The van der Waals surface area contributed by atoms with Gasteiger partial charge in [0.25, 0.3) is 0 Å². The van der Waals surface area contributed by atoms with Gasteiger partial charge in [0.05, 0.1) is 12.0 Å². The predicted molar refractivity (Wildman–Crippen MR) is 63.4 cm³/mol. The first-order chi connectivity index (χ1) is 7.46. The number of aliphatic carboxylic acids is 1. The van der Waals surface area contributed by atoms with Crippen molar-refractivity contribution in [3.8, 4) is 0 Å². The summed E-state index contributed by atoms with van der Waals surface area (Å²) in [6.45, 7) is 4.08. The van der Waals surface area contributed by atoms with E-state index in [2.05, 4.69) is 33.1 Å². The van der Waals surface area contributed by atoms with Gasteiger partial charge in [-0.25, -0.2) is 4.79 Å². The van der Waals surface area contributed by atoms with Crippen molar-refractivity contribution < 1.29 is 14.7 Å². The van der Waals surface area contributed by atoms with Crippen molar-refractivity contribution in [1.82, 2.24) is 10.6 Å². The Labute approximate surface area is 102 Å². The minimum absolute atomic E-state index is 0.183. The number of hydrogen-bond donors (Lipinski definition) is 3. The smallest absolute Gasteiger partial charge is 0.315 e. The van der Waals surface area contributed by atoms with E-state index >= 15 is 0 Å². The van der Waals surface area contributed by atoms with Crippen LogP contribution in [0, 0.1) is 5.41 Å². The Kier molecular flexibility index (Phi) is 4.35. The molecule has 90 valence electrons. The molecule has 0 bridgehead atoms. The highest BCUT2D eigenvalue weighted by atomic mass is 79.9. The summed E-state index contributed by atoms with van der Waals surface area (Å²) in [6.07, 6.45) is 2.18. The monoisotopic (exact) mass is 290 g/mol. The van der Waals surface area contributed by atoms with E-state index in [0.717, 1.165) is 6.42 Å². The lowest BCUT2D eigenvalue weighted by atomic mass is 9.69. The van der Waals surface area contributed by atoms with Crippen molar-refractivity contribution in [3.63, 3.8) is 0 Å². The number of urea groups is 1. The van der Waals surface area contributed by atoms with Crippen LogP contribution in [0.4, 0.5) is 4.79 Å². The maximum atomic E-state index is 11.3. The number of amides is 2. The average Bonchev–Trinajstić information content (AvgIpc) is 2.12. The van der Waals surface area contributed by atoms with Crippen LogP contribution < -0.4 is 10.6 Å². The topological polar surface area (TPSA) is 78.4 Å². The van der Waals surface area contributed by atoms with E-state index in [9.17, 15) is 9.59 Å². The predicted octanol–water partition coefficient (Wildman–Crippen LogP) is 1.45. The molecular formula is C10H15BrN2O3. The maximum absolute atomic E-state index is 11.3. The van der Waals surface area contributed by atoms with Gasteiger partial charge in [-0.2, -0.15) is 0 Å². The van der Waals surface area contributed by atoms with Gasteiger partial charge in [0, 0.05) is 11.0 Å². The number of carbonyl (C=O) groups is 2. The molecule has 1 aliphatic carbocycles. The fraction of sp³-hybridized carbons (Fsp3) is 0.600. The van der Waals surface area contributed by atoms with E-state index in [4.69, 9.17) is 5.11 Å². The molecule has 0 saturated heterocycles. The first-order valence-electron chi connectivity index (χ1n) is 5.05. The zero-order valence-corrected chi connectivity index (χ0v) is 10.5. The minimum Gasteiger partial charge on any atom is -0.481 e. The number of nitrogens with one attached hydrogen (secondary N) is 2. The molecule has 2 amide bonds. The Bertz CT molecular complexity index is 313. The maximum Gasteiger partial charge on any atom is 0.315 e. The van der Waals surface area contributed by atoms with Crippen LogP contribution in [0.1, 0.15) is 19.3 Å². The molecular weight excluding hydrogens is 276 g/mol. The van der Waals surface area contributed by atoms with Gasteiger partial charge in [0.2, 0.25) is 0 Å². The molecule has 6 heteroatoms. The summed E-state index contributed by atoms with van der Waals surface area (Å²) >= 11 is 3.11. The Morgan fingerprint density at radius 1 is 1.38 bits per heavy atom. The second-order valence-corrected chi connectivity index (χ2v) is 5.11. The lowest BCUT2D eigenvalue weighted by Crippen LogP contribution is -2.49. The molecule has 0 aromatic carbocycles. The van der Waals surface area contributed by atoms with Crippen LogP contribution in [0.2, 0.25) is 0 Å². The zero-order valence-electron chi connectivity index (χ0n) is 8.88. The molecule has 16 heavy (non-hydrogen) atoms. The summed E-state index contributed by atoms with van der Waals surface area (Å²) in [7, 11) is 0. The van der Waals surface area contributed by atoms with Crippen molar-refractivity contribution >= 4 is 27.9 Å². The van der Waals surface area contributed by atoms with Crippen molar-refractivity contribution in [1.29, 1.82) is 0 Å². The number of halogens is 1. The second kappa shape index (κ2) is 5.34. The molecule has 0 aliphatic heterocycles. The first-order valence-corrected chi connectivity index (χ1v) is 5.84. The van der Waals surface area contributed by atoms with E-state index in [-0.39, 0.29) is 12.6 Å². The fourth-order valence-corrected chi connectivity index (χ4v) is 1.70. The fourth-order valence-electron chi connectivity index (χ4n) is 1.56. The molecule has 1 fully saturated rings. The minimum atomic E-state index is -0.830. The quantitative estimate of drug-likeness (QED) is 0.717. The number of hydrogen-bond acceptors (Lipinski definition) is 2. The Hall–Kier alpha value is -1.04. The third-order valence-electron chi connectivity index (χ3n) is 2.79. The van der Waals surface area contributed by atoms with E-state index in [1.54, 1.807) is 0 Å². The van der Waals surface area contributed by atoms with Gasteiger partial charge in [-0.3, -0.25) is 4.79 Å². The van der Waals surface area contributed by atoms with E-state index < -0.39 is 11.4 Å². The molecule has 0 unspecified atom stereocenters. The van der Waals surface area contributed by atoms with Crippen molar-refractivity contribution in [2.75, 3.05) is 13.1 Å². The Balaban J connectivity index is 2.30. The molecule has 0 aromatic heterocycles. The lowest BCUT2D eigenvalue weighted by molar-refractivity contribution is -0.153. The first kappa shape index (κ1) is 13.0. The number of carboxylic acids is 1. The van der Waals surface area contributed by atoms with Gasteiger partial charge in [-0.15, -0.1) is 0 Å². The summed E-state index contributed by atoms with van der Waals surface area (Å²) in [4.78, 5) is 22.3. The van der Waals surface area contributed by atoms with E-state index in [0.29, 0.717) is 23.9 Å². The number of carbonyl (C=O) groups excluding carboxylic acids is 1. The van der Waals surface area contributed by atoms with Crippen LogP contribution in [-0.2, 0) is 4.79 Å². The van der Waals surface area contributed by atoms with Crippen LogP contribution >= 0.6 is 15.9 Å². The van der Waals surface area contributed by atoms with Gasteiger partial charge >= 0.3 is 12.0 Å². The standard InChI is InChI=1S/C10H15BrN2O3/c1-7(11)5-12-9(16)13-6-10(8(14)15)3-2-4-10/h1-6H2,(H,14,15)(H2,12,13,16). The Morgan fingerprint density at radius 2 is 2.00 bits per heavy atom. The molecule has 0 heterocycles. The summed E-state index contributed by atoms with van der Waals surface area (Å²) < 4.78 is 0.666. The van der Waals surface area contributed by atoms with Crippen LogP contribution in [0.25, 0.3) is 0 Å². The molecule has 0 aromatic rings. The summed E-state index contributed by atoms with van der Waals surface area (Å²) in [5.41, 5.74) is -0.747. The van der Waals surface area contributed by atoms with E-state index in [1.807, 2.05) is 0 Å². The van der Waals surface area contributed by atoms with Gasteiger partial charge in [-0.05, 0) is 12.8 Å². The zero-order chi connectivity index (χ0) is 12.2. The van der Waals surface area contributed by atoms with Crippen molar-refractivity contribution in [2.24, 2.45) is 5.41 Å². The number of rotatable bonds is 5. The van der Waals surface area contributed by atoms with Crippen molar-refractivity contribution in [3.05, 3.63) is 11.1 Å². The molecule has 3 N–H and O–H groups in total. The van der Waals surface area contributed by atoms with Crippen LogP contribution in [-0.4, -0.2) is 30.2 Å². The third-order valence-corrected chi connectivity index (χ3v) is 3.07. The van der Waals surface area contributed by atoms with Gasteiger partial charge in [0.15, 0.2) is 0 Å². The van der Waals surface area contributed by atoms with Crippen LogP contribution in [0.5, 0.6) is 0 Å². The average molecular weight is 291 g/mol. The molecule has 1 saturated carbocycles. The SMILES string of the molecule is C=C(Br)CNC(=O)NCC1(C(=O)O)CCC1. The van der Waals surface area contributed by atoms with Gasteiger partial charge < -0.3 is 15.7 Å². The van der Waals surface area contributed by atoms with E-state index in [1.165, 1.54) is 0 Å². The molecule has 0 spiro atoms. The highest BCUT2D eigenvalue weighted by Crippen LogP contribution is 2.40. The lowest BCUT2D eigenvalue weighted by Gasteiger charge is -2.37. The van der Waals surface area contributed by atoms with Crippen LogP contribution in [0.3, 0.4) is 0 Å².